The molecule has 0 radical (unpaired) electrons. The fraction of sp³-hybridized carbons (Fsp3) is 0.276. The van der Waals surface area contributed by atoms with Crippen LogP contribution in [0.25, 0.3) is 0 Å². The predicted octanol–water partition coefficient (Wildman–Crippen LogP) is 5.02. The molecular formula is C29H29F3N2O6. The number of hydrazine groups is 1. The Hall–Kier alpha value is -4.38. The number of carbonyl (C=O) groups is 3. The summed E-state index contributed by atoms with van der Waals surface area (Å²) >= 11 is 0. The number of amides is 1. The van der Waals surface area contributed by atoms with E-state index >= 15 is 0 Å². The summed E-state index contributed by atoms with van der Waals surface area (Å²) in [5.74, 6) is -2.28. The number of carboxylic acids is 1. The minimum atomic E-state index is -4.62. The number of nitrogens with one attached hydrogen (secondary N) is 1. The number of rotatable bonds is 12. The lowest BCUT2D eigenvalue weighted by molar-refractivity contribution is -0.152. The lowest BCUT2D eigenvalue weighted by Gasteiger charge is -2.32. The van der Waals surface area contributed by atoms with E-state index in [1.54, 1.807) is 67.6 Å². The number of alkyl halides is 3. The summed E-state index contributed by atoms with van der Waals surface area (Å²) in [7, 11) is 0. The van der Waals surface area contributed by atoms with E-state index in [2.05, 4.69) is 5.43 Å². The van der Waals surface area contributed by atoms with Gasteiger partial charge in [0.1, 0.15) is 12.6 Å². The van der Waals surface area contributed by atoms with E-state index in [0.717, 1.165) is 17.1 Å². The Morgan fingerprint density at radius 1 is 0.850 bits per heavy atom. The van der Waals surface area contributed by atoms with Crippen LogP contribution in [0.4, 0.5) is 18.0 Å². The van der Waals surface area contributed by atoms with E-state index < -0.39 is 48.3 Å². The van der Waals surface area contributed by atoms with Crippen LogP contribution in [0.5, 0.6) is 0 Å². The molecule has 0 bridgehead atoms. The Bertz CT molecular complexity index is 1270. The van der Waals surface area contributed by atoms with Crippen LogP contribution in [0.3, 0.4) is 0 Å². The van der Waals surface area contributed by atoms with Gasteiger partial charge in [-0.3, -0.25) is 4.79 Å². The number of hydrogen-bond acceptors (Lipinski definition) is 6. The molecule has 0 aliphatic rings. The standard InChI is InChI=1S/C29H29F3N2O6/c1-2-39-27(37)25(18-20-10-5-3-6-11-20)34(28(38)40-19-21-12-7-4-8-13-21)33-24(26(35)36)17-22-14-9-15-23(16-22)29(30,31)32/h3-16,24-25,33H,2,17-19H2,1H3,(H,35,36)/t24-,25-/m0/s1. The highest BCUT2D eigenvalue weighted by molar-refractivity contribution is 5.82. The molecule has 3 aromatic rings. The van der Waals surface area contributed by atoms with Gasteiger partial charge in [-0.25, -0.2) is 20.0 Å². The van der Waals surface area contributed by atoms with Gasteiger partial charge in [0.15, 0.2) is 6.04 Å². The highest BCUT2D eigenvalue weighted by Gasteiger charge is 2.36. The number of nitrogens with zero attached hydrogens (tertiary/aromatic N) is 1. The number of ether oxygens (including phenoxy) is 2. The molecule has 0 saturated heterocycles. The van der Waals surface area contributed by atoms with E-state index in [9.17, 15) is 32.7 Å². The van der Waals surface area contributed by atoms with Gasteiger partial charge in [-0.1, -0.05) is 78.9 Å². The minimum Gasteiger partial charge on any atom is -0.480 e. The average Bonchev–Trinajstić information content (AvgIpc) is 2.93. The molecule has 0 fully saturated rings. The van der Waals surface area contributed by atoms with Gasteiger partial charge in [0.05, 0.1) is 12.2 Å². The van der Waals surface area contributed by atoms with Gasteiger partial charge in [-0.15, -0.1) is 0 Å². The van der Waals surface area contributed by atoms with E-state index in [-0.39, 0.29) is 25.2 Å². The third-order valence-electron chi connectivity index (χ3n) is 5.83. The van der Waals surface area contributed by atoms with Crippen molar-refractivity contribution in [3.05, 3.63) is 107 Å². The Balaban J connectivity index is 1.94. The fourth-order valence-electron chi connectivity index (χ4n) is 3.88. The fourth-order valence-corrected chi connectivity index (χ4v) is 3.88. The molecule has 0 aromatic heterocycles. The molecule has 3 aromatic carbocycles. The van der Waals surface area contributed by atoms with Gasteiger partial charge in [0, 0.05) is 12.8 Å². The third kappa shape index (κ3) is 8.84. The number of aliphatic carboxylic acids is 1. The second-order valence-corrected chi connectivity index (χ2v) is 8.79. The lowest BCUT2D eigenvalue weighted by atomic mass is 10.0. The van der Waals surface area contributed by atoms with Gasteiger partial charge < -0.3 is 14.6 Å². The molecule has 8 nitrogen and oxygen atoms in total. The van der Waals surface area contributed by atoms with Crippen molar-refractivity contribution >= 4 is 18.0 Å². The van der Waals surface area contributed by atoms with Crippen molar-refractivity contribution in [2.45, 2.75) is 44.6 Å². The smallest absolute Gasteiger partial charge is 0.425 e. The molecule has 40 heavy (non-hydrogen) atoms. The average molecular weight is 559 g/mol. The maximum absolute atomic E-state index is 13.3. The summed E-state index contributed by atoms with van der Waals surface area (Å²) in [5.41, 5.74) is 2.94. The zero-order chi connectivity index (χ0) is 29.1. The highest BCUT2D eigenvalue weighted by atomic mass is 19.4. The molecule has 11 heteroatoms. The molecular weight excluding hydrogens is 529 g/mol. The largest absolute Gasteiger partial charge is 0.480 e. The number of carbonyl (C=O) groups excluding carboxylic acids is 2. The van der Waals surface area contributed by atoms with E-state index in [1.165, 1.54) is 12.1 Å². The molecule has 0 aliphatic heterocycles. The first-order valence-electron chi connectivity index (χ1n) is 12.4. The van der Waals surface area contributed by atoms with E-state index in [1.807, 2.05) is 0 Å². The van der Waals surface area contributed by atoms with Crippen LogP contribution in [0.1, 0.15) is 29.2 Å². The van der Waals surface area contributed by atoms with Gasteiger partial charge in [0.25, 0.3) is 0 Å². The molecule has 3 rings (SSSR count). The summed E-state index contributed by atoms with van der Waals surface area (Å²) < 4.78 is 50.3. The zero-order valence-electron chi connectivity index (χ0n) is 21.6. The normalized spacial score (nSPS) is 12.7. The maximum Gasteiger partial charge on any atom is 0.425 e. The first-order valence-corrected chi connectivity index (χ1v) is 12.4. The molecule has 2 N–H and O–H groups in total. The van der Waals surface area contributed by atoms with Gasteiger partial charge in [0.2, 0.25) is 0 Å². The van der Waals surface area contributed by atoms with Crippen LogP contribution in [-0.4, -0.2) is 46.8 Å². The molecule has 0 aliphatic carbocycles. The SMILES string of the molecule is CCOC(=O)[C@H](Cc1ccccc1)N(N[C@@H](Cc1cccc(C(F)(F)F)c1)C(=O)O)C(=O)OCc1ccccc1. The van der Waals surface area contributed by atoms with Crippen molar-refractivity contribution in [2.24, 2.45) is 0 Å². The minimum absolute atomic E-state index is 0.0103. The lowest BCUT2D eigenvalue weighted by Crippen LogP contribution is -2.59. The topological polar surface area (TPSA) is 105 Å². The summed E-state index contributed by atoms with van der Waals surface area (Å²) in [6.07, 6.45) is -6.17. The summed E-state index contributed by atoms with van der Waals surface area (Å²) in [6, 6.07) is 18.6. The van der Waals surface area contributed by atoms with Crippen LogP contribution < -0.4 is 5.43 Å². The third-order valence-corrected chi connectivity index (χ3v) is 5.83. The number of esters is 1. The van der Waals surface area contributed by atoms with Crippen molar-refractivity contribution in [1.29, 1.82) is 0 Å². The molecule has 1 amide bonds. The summed E-state index contributed by atoms with van der Waals surface area (Å²) in [5, 5.41) is 10.7. The van der Waals surface area contributed by atoms with Crippen molar-refractivity contribution in [3.8, 4) is 0 Å². The maximum atomic E-state index is 13.3. The van der Waals surface area contributed by atoms with E-state index in [4.69, 9.17) is 9.47 Å². The van der Waals surface area contributed by atoms with Crippen molar-refractivity contribution < 1.29 is 42.1 Å². The quantitative estimate of drug-likeness (QED) is 0.238. The second kappa shape index (κ2) is 14.1. The molecule has 2 atom stereocenters. The Labute approximate surface area is 229 Å². The van der Waals surface area contributed by atoms with Crippen LogP contribution in [0.15, 0.2) is 84.9 Å². The second-order valence-electron chi connectivity index (χ2n) is 8.79. The highest BCUT2D eigenvalue weighted by Crippen LogP contribution is 2.29. The number of benzene rings is 3. The first kappa shape index (κ1) is 30.2. The number of halogens is 3. The Morgan fingerprint density at radius 2 is 1.45 bits per heavy atom. The Morgan fingerprint density at radius 3 is 2.02 bits per heavy atom. The molecule has 0 saturated carbocycles. The number of hydrogen-bond donors (Lipinski definition) is 2. The van der Waals surface area contributed by atoms with Crippen molar-refractivity contribution in [2.75, 3.05) is 6.61 Å². The molecule has 0 heterocycles. The van der Waals surface area contributed by atoms with Crippen LogP contribution in [0.2, 0.25) is 0 Å². The van der Waals surface area contributed by atoms with Crippen LogP contribution in [0, 0.1) is 0 Å². The van der Waals surface area contributed by atoms with Gasteiger partial charge in [-0.05, 0) is 29.7 Å². The van der Waals surface area contributed by atoms with Gasteiger partial charge >= 0.3 is 24.2 Å². The summed E-state index contributed by atoms with van der Waals surface area (Å²) in [6.45, 7) is 1.39. The van der Waals surface area contributed by atoms with Crippen LogP contribution >= 0.6 is 0 Å². The molecule has 212 valence electrons. The van der Waals surface area contributed by atoms with Crippen molar-refractivity contribution in [3.63, 3.8) is 0 Å². The van der Waals surface area contributed by atoms with Crippen LogP contribution in [-0.2, 0) is 44.7 Å². The first-order chi connectivity index (χ1) is 19.1. The Kier molecular flexibility index (Phi) is 10.7. The molecule has 0 unspecified atom stereocenters. The van der Waals surface area contributed by atoms with Gasteiger partial charge in [-0.2, -0.15) is 13.2 Å². The monoisotopic (exact) mass is 558 g/mol. The summed E-state index contributed by atoms with van der Waals surface area (Å²) in [4.78, 5) is 38.6. The zero-order valence-corrected chi connectivity index (χ0v) is 21.6. The van der Waals surface area contributed by atoms with Crippen molar-refractivity contribution in [1.82, 2.24) is 10.4 Å². The van der Waals surface area contributed by atoms with E-state index in [0.29, 0.717) is 11.1 Å². The molecule has 0 spiro atoms. The number of carboxylic acid groups (broad SMARTS) is 1. The predicted molar refractivity (Wildman–Crippen MR) is 139 cm³/mol.